The Kier molecular flexibility index (Phi) is 19.1. The highest BCUT2D eigenvalue weighted by molar-refractivity contribution is 7.09. The molecule has 0 saturated carbocycles. The molecule has 17 nitrogen and oxygen atoms in total. The molecule has 456 valence electrons. The minimum absolute atomic E-state index is 0.00194. The smallest absolute Gasteiger partial charge is 0.463 e. The SMILES string of the molecule is C=CC(=O)OCCC[Si]1(C)O[SiH](c2ccccc2)O[Si]2(c3ccccc3)O[Si]3(c4ccccc4)O[SiH](c4ccccc4)O[Si]4(c5ccccc5)O[Si](c5ccccc5)(O1)O[Si](c1ccccc1)(O2)O[Si](c1ccccc1)(O[Si](C)(CCCOC(=O)C=C)O3)O4. The summed E-state index contributed by atoms with van der Waals surface area (Å²) in [5, 5.41) is 4.35. The molecule has 10 atom stereocenters. The van der Waals surface area contributed by atoms with Gasteiger partial charge in [-0.3, -0.25) is 0 Å². The first kappa shape index (κ1) is 63.0. The van der Waals surface area contributed by atoms with E-state index in [0.717, 1.165) is 17.3 Å². The van der Waals surface area contributed by atoms with Gasteiger partial charge in [0.15, 0.2) is 0 Å². The number of carbonyl (C=O) groups excluding carboxylic acids is 2. The number of ether oxygens (including phenoxy) is 2. The zero-order valence-corrected chi connectivity index (χ0v) is 59.3. The summed E-state index contributed by atoms with van der Waals surface area (Å²) in [5.74, 6) is -1.16. The predicted molar refractivity (Wildman–Crippen MR) is 356 cm³/mol. The second-order valence-corrected chi connectivity index (χ2v) is 51.1. The Bertz CT molecular complexity index is 3670. The lowest BCUT2D eigenvalue weighted by molar-refractivity contribution is -0.138. The zero-order valence-electron chi connectivity index (χ0n) is 49.0. The molecule has 4 aliphatic heterocycles. The molecule has 0 spiro atoms. The summed E-state index contributed by atoms with van der Waals surface area (Å²) in [5.41, 5.74) is 0. The fraction of sp³-hybridized carbons (Fsp3) is 0.129. The maximum atomic E-state index is 12.8. The van der Waals surface area contributed by atoms with Crippen LogP contribution in [0.15, 0.2) is 268 Å². The number of benzene rings is 8. The van der Waals surface area contributed by atoms with Gasteiger partial charge in [0, 0.05) is 43.3 Å². The Morgan fingerprint density at radius 3 is 0.910 bits per heavy atom. The number of carbonyl (C=O) groups is 2. The van der Waals surface area contributed by atoms with Crippen LogP contribution in [0.25, 0.3) is 0 Å². The molecule has 0 N–H and O–H groups in total. The lowest BCUT2D eigenvalue weighted by Gasteiger charge is -2.57. The number of esters is 2. The predicted octanol–water partition coefficient (Wildman–Crippen LogP) is 4.97. The molecule has 12 rings (SSSR count). The maximum Gasteiger partial charge on any atom is 0.515 e. The van der Waals surface area contributed by atoms with Gasteiger partial charge in [0.05, 0.1) is 13.2 Å². The van der Waals surface area contributed by atoms with Gasteiger partial charge >= 0.3 is 100 Å². The highest BCUT2D eigenvalue weighted by Gasteiger charge is 2.78. The van der Waals surface area contributed by atoms with Gasteiger partial charge < -0.3 is 63.0 Å². The quantitative estimate of drug-likeness (QED) is 0.0488. The summed E-state index contributed by atoms with van der Waals surface area (Å²) in [6.45, 7) is 11.2. The van der Waals surface area contributed by atoms with E-state index in [-0.39, 0.29) is 38.1 Å². The summed E-state index contributed by atoms with van der Waals surface area (Å²) in [4.78, 5) is 25.6. The van der Waals surface area contributed by atoms with Crippen molar-refractivity contribution in [2.24, 2.45) is 0 Å². The molecule has 89 heavy (non-hydrogen) atoms. The molecule has 0 radical (unpaired) electrons. The van der Waals surface area contributed by atoms with Crippen LogP contribution in [0, 0.1) is 0 Å². The average Bonchev–Trinajstić information content (AvgIpc) is 0.696. The minimum atomic E-state index is -5.24. The second kappa shape index (κ2) is 27.0. The van der Waals surface area contributed by atoms with E-state index in [1.165, 1.54) is 0 Å². The van der Waals surface area contributed by atoms with E-state index in [2.05, 4.69) is 13.2 Å². The summed E-state index contributed by atoms with van der Waals surface area (Å²) >= 11 is 0. The van der Waals surface area contributed by atoms with E-state index in [4.69, 9.17) is 63.0 Å². The van der Waals surface area contributed by atoms with Crippen molar-refractivity contribution in [1.29, 1.82) is 0 Å². The average molecular weight is 1360 g/mol. The fourth-order valence-electron chi connectivity index (χ4n) is 10.9. The molecule has 0 aliphatic carbocycles. The summed E-state index contributed by atoms with van der Waals surface area (Å²) in [7, 11) is -46.3. The molecule has 27 heteroatoms. The molecular formula is C62H66O17Si10. The first-order valence-corrected chi connectivity index (χ1v) is 47.7. The Labute approximate surface area is 530 Å². The Morgan fingerprint density at radius 2 is 0.573 bits per heavy atom. The summed E-state index contributed by atoms with van der Waals surface area (Å²) in [6, 6.07) is 77.1. The van der Waals surface area contributed by atoms with Gasteiger partial charge in [0.2, 0.25) is 0 Å². The van der Waals surface area contributed by atoms with Crippen LogP contribution >= 0.6 is 0 Å². The van der Waals surface area contributed by atoms with E-state index in [0.29, 0.717) is 36.3 Å². The van der Waals surface area contributed by atoms with Crippen molar-refractivity contribution in [2.45, 2.75) is 38.0 Å². The Hall–Kier alpha value is -6.17. The molecule has 4 saturated heterocycles. The highest BCUT2D eigenvalue weighted by atomic mass is 28.6. The van der Waals surface area contributed by atoms with Crippen molar-refractivity contribution in [3.8, 4) is 0 Å². The fourth-order valence-corrected chi connectivity index (χ4v) is 63.0. The maximum absolute atomic E-state index is 12.8. The third-order valence-electron chi connectivity index (χ3n) is 15.1. The van der Waals surface area contributed by atoms with Gasteiger partial charge in [-0.25, -0.2) is 9.59 Å². The first-order chi connectivity index (χ1) is 43.3. The van der Waals surface area contributed by atoms with E-state index < -0.39 is 100 Å². The monoisotopic (exact) mass is 1360 g/mol. The van der Waals surface area contributed by atoms with Gasteiger partial charge in [-0.05, 0) is 48.4 Å². The molecule has 4 fully saturated rings. The molecule has 0 aromatic heterocycles. The molecule has 6 bridgehead atoms. The van der Waals surface area contributed by atoms with E-state index >= 15 is 0 Å². The summed E-state index contributed by atoms with van der Waals surface area (Å²) in [6.07, 6.45) is 2.79. The minimum Gasteiger partial charge on any atom is -0.463 e. The van der Waals surface area contributed by atoms with Crippen LogP contribution in [0.2, 0.25) is 25.2 Å². The lowest BCUT2D eigenvalue weighted by Crippen LogP contribution is -2.89. The topological polar surface area (TPSA) is 173 Å². The van der Waals surface area contributed by atoms with Crippen molar-refractivity contribution in [3.05, 3.63) is 268 Å². The van der Waals surface area contributed by atoms with Crippen molar-refractivity contribution in [3.63, 3.8) is 0 Å². The normalized spacial score (nSPS) is 30.1. The van der Waals surface area contributed by atoms with E-state index in [9.17, 15) is 9.59 Å². The molecule has 8 aromatic rings. The molecule has 8 aromatic carbocycles. The van der Waals surface area contributed by atoms with Crippen molar-refractivity contribution in [1.82, 2.24) is 0 Å². The van der Waals surface area contributed by atoms with Crippen LogP contribution in [0.5, 0.6) is 0 Å². The number of rotatable bonds is 18. The molecular weight excluding hydrogens is 1300 g/mol. The van der Waals surface area contributed by atoms with Gasteiger partial charge in [0.1, 0.15) is 0 Å². The van der Waals surface area contributed by atoms with Gasteiger partial charge in [-0.2, -0.15) is 0 Å². The third-order valence-corrected chi connectivity index (χ3v) is 56.2. The van der Waals surface area contributed by atoms with Crippen LogP contribution in [0.4, 0.5) is 0 Å². The highest BCUT2D eigenvalue weighted by Crippen LogP contribution is 2.44. The Morgan fingerprint density at radius 1 is 0.337 bits per heavy atom. The van der Waals surface area contributed by atoms with Crippen molar-refractivity contribution < 1.29 is 72.6 Å². The second-order valence-electron chi connectivity index (χ2n) is 21.6. The van der Waals surface area contributed by atoms with Crippen LogP contribution < -0.4 is 41.5 Å². The van der Waals surface area contributed by atoms with Gasteiger partial charge in [-0.15, -0.1) is 0 Å². The standard InChI is InChI=1S/C62H66O17Si10/c1-5-61(63)65-49-31-51-82(3)67-80(53-33-15-7-16-34-53)68-85(56-39-21-10-22-40-56)74-84(55-37-19-9-20-38-55)69-81(54-35-17-8-18-36-54)70-86(57-41-23-11-24-42-57)75-87(71-82,58-43-25-12-26-44-58)78-89(77-85,60-47-29-14-30-48-60)79-88(76-86,59-45-27-13-28-46-59)73-83(4,72-84)52-32-50-66-62(64)6-2/h5-30,33-48,80-81H,1-2,31-32,49-52H2,3-4H3. The lowest BCUT2D eigenvalue weighted by atomic mass is 10.4. The molecule has 4 aliphatic rings. The van der Waals surface area contributed by atoms with E-state index in [1.54, 1.807) is 0 Å². The zero-order chi connectivity index (χ0) is 61.5. The Balaban J connectivity index is 1.29. The van der Waals surface area contributed by atoms with E-state index in [1.807, 2.05) is 256 Å². The van der Waals surface area contributed by atoms with Crippen LogP contribution in [0.3, 0.4) is 0 Å². The number of hydrogen-bond donors (Lipinski definition) is 0. The van der Waals surface area contributed by atoms with Crippen LogP contribution in [0.1, 0.15) is 12.8 Å². The number of hydrogen-bond acceptors (Lipinski definition) is 17. The van der Waals surface area contributed by atoms with Gasteiger partial charge in [0.25, 0.3) is 0 Å². The van der Waals surface area contributed by atoms with Crippen LogP contribution in [-0.2, 0) is 72.6 Å². The first-order valence-electron chi connectivity index (χ1n) is 29.3. The number of fused-ring (bicyclic) bond motifs is 6. The molecule has 4 heterocycles. The molecule has 0 amide bonds. The van der Waals surface area contributed by atoms with Crippen molar-refractivity contribution in [2.75, 3.05) is 13.2 Å². The van der Waals surface area contributed by atoms with Gasteiger partial charge in [-0.1, -0.05) is 256 Å². The third kappa shape index (κ3) is 13.6. The molecule has 10 unspecified atom stereocenters. The van der Waals surface area contributed by atoms with Crippen molar-refractivity contribution >= 4 is 142 Å². The summed E-state index contributed by atoms with van der Waals surface area (Å²) < 4.78 is 120. The largest absolute Gasteiger partial charge is 0.515 e. The van der Waals surface area contributed by atoms with Crippen LogP contribution in [-0.4, -0.2) is 114 Å².